The zero-order valence-electron chi connectivity index (χ0n) is 16.1. The number of sulfonamides is 1. The monoisotopic (exact) mass is 430 g/mol. The van der Waals surface area contributed by atoms with Gasteiger partial charge in [-0.05, 0) is 31.2 Å². The first-order valence-electron chi connectivity index (χ1n) is 9.45. The van der Waals surface area contributed by atoms with Crippen LogP contribution in [-0.4, -0.2) is 50.6 Å². The van der Waals surface area contributed by atoms with E-state index in [0.717, 1.165) is 27.6 Å². The van der Waals surface area contributed by atoms with E-state index in [1.54, 1.807) is 24.3 Å². The van der Waals surface area contributed by atoms with E-state index in [2.05, 4.69) is 0 Å². The zero-order valence-corrected chi connectivity index (χ0v) is 17.7. The molecule has 1 aromatic heterocycles. The van der Waals surface area contributed by atoms with Gasteiger partial charge in [-0.1, -0.05) is 24.3 Å². The fraction of sp³-hybridized carbons (Fsp3) is 0.286. The van der Waals surface area contributed by atoms with E-state index in [9.17, 15) is 8.42 Å². The summed E-state index contributed by atoms with van der Waals surface area (Å²) in [6.45, 7) is 4.19. The first-order valence-corrected chi connectivity index (χ1v) is 11.8. The summed E-state index contributed by atoms with van der Waals surface area (Å²) in [7, 11) is -3.49. The van der Waals surface area contributed by atoms with Crippen LogP contribution in [0.4, 0.5) is 0 Å². The molecule has 0 N–H and O–H groups in total. The summed E-state index contributed by atoms with van der Waals surface area (Å²) >= 11 is 1.54. The molecule has 0 spiro atoms. The number of para-hydroxylation sites is 1. The van der Waals surface area contributed by atoms with E-state index >= 15 is 0 Å². The van der Waals surface area contributed by atoms with E-state index in [1.807, 2.05) is 36.6 Å². The summed E-state index contributed by atoms with van der Waals surface area (Å²) in [6, 6.07) is 14.7. The van der Waals surface area contributed by atoms with Gasteiger partial charge in [0.25, 0.3) is 0 Å². The third-order valence-electron chi connectivity index (χ3n) is 4.68. The standard InChI is InChI=1S/C21H22N2O4S2/c1-2-27-20-6-4-3-5-18(20)21-22-19(15-28-21)16-7-9-17(10-8-16)29(24,25)23-11-13-26-14-12-23/h3-10,15H,2,11-14H2,1H3. The molecule has 0 amide bonds. The Bertz CT molecular complexity index is 1070. The van der Waals surface area contributed by atoms with E-state index in [-0.39, 0.29) is 0 Å². The number of hydrogen-bond acceptors (Lipinski definition) is 6. The van der Waals surface area contributed by atoms with Crippen molar-refractivity contribution in [2.75, 3.05) is 32.9 Å². The summed E-state index contributed by atoms with van der Waals surface area (Å²) < 4.78 is 38.0. The molecule has 2 heterocycles. The number of rotatable bonds is 6. The van der Waals surface area contributed by atoms with Crippen molar-refractivity contribution in [1.82, 2.24) is 9.29 Å². The van der Waals surface area contributed by atoms with E-state index in [1.165, 1.54) is 15.6 Å². The predicted octanol–water partition coefficient (Wildman–Crippen LogP) is 3.90. The second-order valence-corrected chi connectivity index (χ2v) is 9.30. The zero-order chi connectivity index (χ0) is 20.3. The van der Waals surface area contributed by atoms with Crippen LogP contribution in [0.3, 0.4) is 0 Å². The highest BCUT2D eigenvalue weighted by Gasteiger charge is 2.26. The Morgan fingerprint density at radius 3 is 2.55 bits per heavy atom. The van der Waals surface area contributed by atoms with E-state index in [0.29, 0.717) is 37.8 Å². The van der Waals surface area contributed by atoms with Gasteiger partial charge < -0.3 is 9.47 Å². The molecule has 1 fully saturated rings. The highest BCUT2D eigenvalue weighted by molar-refractivity contribution is 7.89. The highest BCUT2D eigenvalue weighted by atomic mass is 32.2. The lowest BCUT2D eigenvalue weighted by molar-refractivity contribution is 0.0730. The number of morpholine rings is 1. The topological polar surface area (TPSA) is 68.7 Å². The molecule has 2 aromatic carbocycles. The molecule has 3 aromatic rings. The Morgan fingerprint density at radius 2 is 1.83 bits per heavy atom. The summed E-state index contributed by atoms with van der Waals surface area (Å²) in [5.41, 5.74) is 2.64. The summed E-state index contributed by atoms with van der Waals surface area (Å²) in [4.78, 5) is 5.03. The van der Waals surface area contributed by atoms with Crippen LogP contribution in [0.2, 0.25) is 0 Å². The van der Waals surface area contributed by atoms with Crippen LogP contribution in [0.1, 0.15) is 6.92 Å². The van der Waals surface area contributed by atoms with Crippen molar-refractivity contribution in [3.63, 3.8) is 0 Å². The molecule has 1 saturated heterocycles. The van der Waals surface area contributed by atoms with Crippen LogP contribution in [0.15, 0.2) is 58.8 Å². The lowest BCUT2D eigenvalue weighted by Crippen LogP contribution is -2.40. The molecule has 0 bridgehead atoms. The Balaban J connectivity index is 1.58. The van der Waals surface area contributed by atoms with Crippen molar-refractivity contribution in [1.29, 1.82) is 0 Å². The quantitative estimate of drug-likeness (QED) is 0.593. The SMILES string of the molecule is CCOc1ccccc1-c1nc(-c2ccc(S(=O)(=O)N3CCOCC3)cc2)cs1. The third kappa shape index (κ3) is 4.20. The molecule has 152 valence electrons. The smallest absolute Gasteiger partial charge is 0.243 e. The summed E-state index contributed by atoms with van der Waals surface area (Å²) in [5, 5.41) is 2.85. The van der Waals surface area contributed by atoms with Crippen LogP contribution < -0.4 is 4.74 Å². The Hall–Kier alpha value is -2.26. The van der Waals surface area contributed by atoms with Crippen molar-refractivity contribution in [2.24, 2.45) is 0 Å². The molecule has 0 aliphatic carbocycles. The first-order chi connectivity index (χ1) is 14.1. The van der Waals surface area contributed by atoms with Crippen molar-refractivity contribution >= 4 is 21.4 Å². The highest BCUT2D eigenvalue weighted by Crippen LogP contribution is 2.34. The van der Waals surface area contributed by atoms with Crippen LogP contribution in [0, 0.1) is 0 Å². The molecule has 0 unspecified atom stereocenters. The molecule has 1 aliphatic heterocycles. The van der Waals surface area contributed by atoms with Gasteiger partial charge in [-0.3, -0.25) is 0 Å². The number of thiazole rings is 1. The van der Waals surface area contributed by atoms with Crippen molar-refractivity contribution in [2.45, 2.75) is 11.8 Å². The largest absolute Gasteiger partial charge is 0.493 e. The molecule has 0 saturated carbocycles. The van der Waals surface area contributed by atoms with E-state index < -0.39 is 10.0 Å². The van der Waals surface area contributed by atoms with Crippen molar-refractivity contribution in [3.8, 4) is 27.6 Å². The lowest BCUT2D eigenvalue weighted by atomic mass is 10.2. The molecule has 6 nitrogen and oxygen atoms in total. The molecular weight excluding hydrogens is 408 g/mol. The van der Waals surface area contributed by atoms with Gasteiger partial charge in [0.15, 0.2) is 0 Å². The maximum atomic E-state index is 12.8. The van der Waals surface area contributed by atoms with Crippen LogP contribution in [0.5, 0.6) is 5.75 Å². The lowest BCUT2D eigenvalue weighted by Gasteiger charge is -2.26. The van der Waals surface area contributed by atoms with Gasteiger partial charge in [-0.2, -0.15) is 4.31 Å². The third-order valence-corrected chi connectivity index (χ3v) is 7.47. The second kappa shape index (κ2) is 8.62. The van der Waals surface area contributed by atoms with Crippen LogP contribution in [0.25, 0.3) is 21.8 Å². The average molecular weight is 431 g/mol. The second-order valence-electron chi connectivity index (χ2n) is 6.51. The number of aromatic nitrogens is 1. The van der Waals surface area contributed by atoms with Gasteiger partial charge in [0.1, 0.15) is 10.8 Å². The fourth-order valence-electron chi connectivity index (χ4n) is 3.19. The minimum Gasteiger partial charge on any atom is -0.493 e. The molecule has 29 heavy (non-hydrogen) atoms. The van der Waals surface area contributed by atoms with Crippen LogP contribution in [-0.2, 0) is 14.8 Å². The normalized spacial score (nSPS) is 15.3. The van der Waals surface area contributed by atoms with Crippen LogP contribution >= 0.6 is 11.3 Å². The number of ether oxygens (including phenoxy) is 2. The van der Waals surface area contributed by atoms with E-state index in [4.69, 9.17) is 14.5 Å². The van der Waals surface area contributed by atoms with Gasteiger partial charge >= 0.3 is 0 Å². The van der Waals surface area contributed by atoms with Gasteiger partial charge in [-0.15, -0.1) is 11.3 Å². The Kier molecular flexibility index (Phi) is 5.96. The molecule has 0 radical (unpaired) electrons. The minimum atomic E-state index is -3.49. The Labute approximate surface area is 174 Å². The molecule has 0 atom stereocenters. The number of hydrogen-bond donors (Lipinski definition) is 0. The maximum absolute atomic E-state index is 12.8. The number of nitrogens with zero attached hydrogens (tertiary/aromatic N) is 2. The minimum absolute atomic E-state index is 0.292. The number of benzene rings is 2. The fourth-order valence-corrected chi connectivity index (χ4v) is 5.46. The molecule has 1 aliphatic rings. The molecular formula is C21H22N2O4S2. The molecule has 8 heteroatoms. The predicted molar refractivity (Wildman–Crippen MR) is 114 cm³/mol. The molecule has 4 rings (SSSR count). The van der Waals surface area contributed by atoms with Gasteiger partial charge in [0.2, 0.25) is 10.0 Å². The summed E-state index contributed by atoms with van der Waals surface area (Å²) in [5.74, 6) is 0.808. The first kappa shape index (κ1) is 20.0. The van der Waals surface area contributed by atoms with Gasteiger partial charge in [0.05, 0.1) is 36.0 Å². The van der Waals surface area contributed by atoms with Gasteiger partial charge in [0, 0.05) is 24.0 Å². The van der Waals surface area contributed by atoms with Crippen molar-refractivity contribution in [3.05, 3.63) is 53.9 Å². The Morgan fingerprint density at radius 1 is 1.10 bits per heavy atom. The maximum Gasteiger partial charge on any atom is 0.243 e. The summed E-state index contributed by atoms with van der Waals surface area (Å²) in [6.07, 6.45) is 0. The van der Waals surface area contributed by atoms with Crippen molar-refractivity contribution < 1.29 is 17.9 Å². The average Bonchev–Trinajstić information content (AvgIpc) is 3.25. The van der Waals surface area contributed by atoms with Gasteiger partial charge in [-0.25, -0.2) is 13.4 Å².